The third-order valence-corrected chi connectivity index (χ3v) is 6.95. The van der Waals surface area contributed by atoms with Crippen LogP contribution >= 0.6 is 11.6 Å². The number of nitrogens with zero attached hydrogens (tertiary/aromatic N) is 5. The van der Waals surface area contributed by atoms with Crippen molar-refractivity contribution in [3.63, 3.8) is 0 Å². The molecule has 37 heavy (non-hydrogen) atoms. The van der Waals surface area contributed by atoms with Gasteiger partial charge < -0.3 is 9.57 Å². The van der Waals surface area contributed by atoms with Crippen LogP contribution in [0.1, 0.15) is 55.1 Å². The van der Waals surface area contributed by atoms with Crippen LogP contribution in [0.3, 0.4) is 0 Å². The Balaban J connectivity index is 1.37. The Bertz CT molecular complexity index is 1580. The number of ether oxygens (including phenoxy) is 1. The van der Waals surface area contributed by atoms with Crippen molar-refractivity contribution < 1.29 is 14.4 Å². The van der Waals surface area contributed by atoms with Crippen LogP contribution in [0.5, 0.6) is 5.88 Å². The number of rotatable bonds is 5. The molecule has 0 bridgehead atoms. The predicted octanol–water partition coefficient (Wildman–Crippen LogP) is 5.50. The average molecular weight is 514 g/mol. The van der Waals surface area contributed by atoms with Crippen LogP contribution in [0.15, 0.2) is 77.4 Å². The van der Waals surface area contributed by atoms with Crippen molar-refractivity contribution in [1.29, 1.82) is 0 Å². The lowest BCUT2D eigenvalue weighted by Crippen LogP contribution is -2.33. The minimum absolute atomic E-state index is 0.0509. The van der Waals surface area contributed by atoms with Gasteiger partial charge in [-0.05, 0) is 17.0 Å². The fourth-order valence-corrected chi connectivity index (χ4v) is 5.18. The predicted molar refractivity (Wildman–Crippen MR) is 139 cm³/mol. The Kier molecular flexibility index (Phi) is 5.76. The summed E-state index contributed by atoms with van der Waals surface area (Å²) in [4.78, 5) is 28.2. The highest BCUT2D eigenvalue weighted by Crippen LogP contribution is 2.50. The molecule has 0 spiro atoms. The number of Topliss-reactive ketones (excluding diaryl/α,β-unsaturated/α-hetero) is 1. The molecule has 1 aliphatic carbocycles. The summed E-state index contributed by atoms with van der Waals surface area (Å²) >= 11 is 6.16. The molecular formula is C28H24ClN5O3. The van der Waals surface area contributed by atoms with E-state index < -0.39 is 0 Å². The number of hydrogen-bond donors (Lipinski definition) is 0. The zero-order valence-electron chi connectivity index (χ0n) is 20.4. The van der Waals surface area contributed by atoms with Crippen LogP contribution in [0, 0.1) is 5.41 Å². The smallest absolute Gasteiger partial charge is 0.228 e. The average Bonchev–Trinajstić information content (AvgIpc) is 3.29. The first kappa shape index (κ1) is 23.4. The maximum atomic E-state index is 13.4. The molecule has 0 saturated carbocycles. The van der Waals surface area contributed by atoms with Crippen LogP contribution in [-0.2, 0) is 16.2 Å². The van der Waals surface area contributed by atoms with Gasteiger partial charge in [0.1, 0.15) is 12.1 Å². The summed E-state index contributed by atoms with van der Waals surface area (Å²) in [5.41, 5.74) is 3.52. The zero-order valence-corrected chi connectivity index (χ0v) is 21.1. The molecule has 4 aromatic rings. The largest absolute Gasteiger partial charge is 0.442 e. The molecular weight excluding hydrogens is 490 g/mol. The minimum atomic E-state index is -0.351. The van der Waals surface area contributed by atoms with Gasteiger partial charge in [-0.1, -0.05) is 79.1 Å². The van der Waals surface area contributed by atoms with E-state index in [0.717, 1.165) is 16.7 Å². The normalized spacial score (nSPS) is 18.6. The number of allylic oxidation sites excluding steroid dienone is 2. The van der Waals surface area contributed by atoms with Crippen molar-refractivity contribution in [1.82, 2.24) is 19.6 Å². The summed E-state index contributed by atoms with van der Waals surface area (Å²) in [5.74, 6) is 1.30. The maximum absolute atomic E-state index is 13.4. The molecule has 2 aliphatic rings. The second-order valence-corrected chi connectivity index (χ2v) is 10.4. The molecule has 186 valence electrons. The molecule has 2 aromatic carbocycles. The third-order valence-electron chi connectivity index (χ3n) is 6.61. The monoisotopic (exact) mass is 513 g/mol. The molecule has 0 fully saturated rings. The van der Waals surface area contributed by atoms with Crippen molar-refractivity contribution in [3.05, 3.63) is 99.8 Å². The first-order valence-electron chi connectivity index (χ1n) is 12.0. The quantitative estimate of drug-likeness (QED) is 0.258. The van der Waals surface area contributed by atoms with E-state index in [1.165, 1.54) is 0 Å². The number of aromatic nitrogens is 4. The maximum Gasteiger partial charge on any atom is 0.228 e. The van der Waals surface area contributed by atoms with Crippen LogP contribution < -0.4 is 4.74 Å². The van der Waals surface area contributed by atoms with Crippen molar-refractivity contribution >= 4 is 29.2 Å². The summed E-state index contributed by atoms with van der Waals surface area (Å²) in [6.07, 6.45) is 4.24. The summed E-state index contributed by atoms with van der Waals surface area (Å²) < 4.78 is 7.86. The molecule has 0 saturated heterocycles. The number of ketones is 1. The van der Waals surface area contributed by atoms with Gasteiger partial charge >= 0.3 is 0 Å². The van der Waals surface area contributed by atoms with E-state index in [2.05, 4.69) is 29.1 Å². The van der Waals surface area contributed by atoms with Gasteiger partial charge in [0.25, 0.3) is 0 Å². The van der Waals surface area contributed by atoms with Gasteiger partial charge in [0, 0.05) is 34.9 Å². The van der Waals surface area contributed by atoms with Gasteiger partial charge in [-0.3, -0.25) is 4.79 Å². The van der Waals surface area contributed by atoms with Gasteiger partial charge in [0.15, 0.2) is 23.9 Å². The summed E-state index contributed by atoms with van der Waals surface area (Å²) in [7, 11) is 0. The number of carbonyl (C=O) groups excluding carboxylic acids is 1. The van der Waals surface area contributed by atoms with E-state index in [-0.39, 0.29) is 23.7 Å². The number of fused-ring (bicyclic) bond motifs is 3. The van der Waals surface area contributed by atoms with E-state index in [1.54, 1.807) is 23.1 Å². The first-order valence-corrected chi connectivity index (χ1v) is 12.4. The molecule has 8 nitrogen and oxygen atoms in total. The van der Waals surface area contributed by atoms with Crippen molar-refractivity contribution in [2.24, 2.45) is 10.6 Å². The second-order valence-electron chi connectivity index (χ2n) is 10.0. The van der Waals surface area contributed by atoms with E-state index in [9.17, 15) is 4.79 Å². The zero-order chi connectivity index (χ0) is 25.6. The number of carbonyl (C=O) groups is 1. The SMILES string of the molecule is CC1(C)CC(=O)C2=C(C1)Oc1ncn3nc(CO/N=C/c4ccccc4Cl)nc3c1C2c1ccccc1. The van der Waals surface area contributed by atoms with Gasteiger partial charge in [-0.2, -0.15) is 0 Å². The Labute approximate surface area is 218 Å². The minimum Gasteiger partial charge on any atom is -0.442 e. The Morgan fingerprint density at radius 2 is 1.95 bits per heavy atom. The highest BCUT2D eigenvalue weighted by molar-refractivity contribution is 6.33. The Morgan fingerprint density at radius 1 is 1.16 bits per heavy atom. The molecule has 3 heterocycles. The molecule has 0 amide bonds. The first-order chi connectivity index (χ1) is 17.9. The second kappa shape index (κ2) is 9.12. The molecule has 0 N–H and O–H groups in total. The Hall–Kier alpha value is -4.04. The summed E-state index contributed by atoms with van der Waals surface area (Å²) in [6, 6.07) is 17.3. The molecule has 1 atom stereocenters. The van der Waals surface area contributed by atoms with Crippen LogP contribution in [0.2, 0.25) is 5.02 Å². The van der Waals surface area contributed by atoms with E-state index >= 15 is 0 Å². The Morgan fingerprint density at radius 3 is 2.76 bits per heavy atom. The fraction of sp³-hybridized carbons (Fsp3) is 0.250. The van der Waals surface area contributed by atoms with Crippen LogP contribution in [0.25, 0.3) is 5.65 Å². The van der Waals surface area contributed by atoms with Crippen molar-refractivity contribution in [3.8, 4) is 5.88 Å². The van der Waals surface area contributed by atoms with Gasteiger partial charge in [-0.25, -0.2) is 14.5 Å². The molecule has 6 rings (SSSR count). The highest BCUT2D eigenvalue weighted by atomic mass is 35.5. The highest BCUT2D eigenvalue weighted by Gasteiger charge is 2.43. The summed E-state index contributed by atoms with van der Waals surface area (Å²) in [5, 5.41) is 9.11. The lowest BCUT2D eigenvalue weighted by Gasteiger charge is -2.37. The van der Waals surface area contributed by atoms with E-state index in [0.29, 0.717) is 46.5 Å². The van der Waals surface area contributed by atoms with Gasteiger partial charge in [0.2, 0.25) is 5.88 Å². The van der Waals surface area contributed by atoms with Crippen LogP contribution in [0.4, 0.5) is 0 Å². The van der Waals surface area contributed by atoms with Crippen molar-refractivity contribution in [2.75, 3.05) is 0 Å². The molecule has 9 heteroatoms. The summed E-state index contributed by atoms with van der Waals surface area (Å²) in [6.45, 7) is 4.22. The van der Waals surface area contributed by atoms with Gasteiger partial charge in [0.05, 0.1) is 11.8 Å². The standard InChI is InChI=1S/C28H24ClN5O3/c1-28(2)12-20(35)24-21(13-28)37-27-25(23(24)17-8-4-3-5-9-17)26-32-22(33-34(26)16-30-27)15-36-31-14-18-10-6-7-11-19(18)29/h3-11,14,16,23H,12-13,15H2,1-2H3/b31-14+. The van der Waals surface area contributed by atoms with E-state index in [1.807, 2.05) is 48.5 Å². The van der Waals surface area contributed by atoms with Gasteiger partial charge in [-0.15, -0.1) is 5.10 Å². The van der Waals surface area contributed by atoms with Crippen LogP contribution in [-0.4, -0.2) is 31.6 Å². The fourth-order valence-electron chi connectivity index (χ4n) is 5.00. The molecule has 1 aliphatic heterocycles. The number of hydrogen-bond acceptors (Lipinski definition) is 7. The lowest BCUT2D eigenvalue weighted by atomic mass is 9.70. The molecule has 0 radical (unpaired) electrons. The lowest BCUT2D eigenvalue weighted by molar-refractivity contribution is -0.118. The number of oxime groups is 1. The third kappa shape index (κ3) is 4.38. The topological polar surface area (TPSA) is 91.0 Å². The number of benzene rings is 2. The number of halogens is 1. The van der Waals surface area contributed by atoms with Crippen molar-refractivity contribution in [2.45, 2.75) is 39.2 Å². The van der Waals surface area contributed by atoms with E-state index in [4.69, 9.17) is 26.2 Å². The molecule has 2 aromatic heterocycles. The molecule has 1 unspecified atom stereocenters.